The van der Waals surface area contributed by atoms with Crippen LogP contribution in [-0.4, -0.2) is 0 Å². The van der Waals surface area contributed by atoms with E-state index in [9.17, 15) is 13.2 Å². The second-order valence-corrected chi connectivity index (χ2v) is 6.38. The minimum Gasteiger partial charge on any atom is -0.204 e. The lowest BCUT2D eigenvalue weighted by Gasteiger charge is -2.24. The lowest BCUT2D eigenvalue weighted by Crippen LogP contribution is -2.14. The second-order valence-electron chi connectivity index (χ2n) is 6.38. The molecule has 1 aliphatic rings. The number of hydrogen-bond donors (Lipinski definition) is 0. The second kappa shape index (κ2) is 7.13. The van der Waals surface area contributed by atoms with Crippen LogP contribution in [0.2, 0.25) is 0 Å². The Morgan fingerprint density at radius 3 is 2.38 bits per heavy atom. The molecule has 124 valence electrons. The van der Waals surface area contributed by atoms with Gasteiger partial charge in [0, 0.05) is 11.1 Å². The normalized spacial score (nSPS) is 16.2. The average Bonchev–Trinajstić information content (AvgIpc) is 2.58. The molecule has 0 radical (unpaired) electrons. The summed E-state index contributed by atoms with van der Waals surface area (Å²) in [6.45, 7) is 2.22. The smallest absolute Gasteiger partial charge is 0.194 e. The van der Waals surface area contributed by atoms with Gasteiger partial charge in [-0.3, -0.25) is 0 Å². The van der Waals surface area contributed by atoms with Gasteiger partial charge in [0.15, 0.2) is 17.5 Å². The monoisotopic (exact) mass is 328 g/mol. The first kappa shape index (κ1) is 16.6. The summed E-state index contributed by atoms with van der Waals surface area (Å²) in [6.07, 6.45) is 5.85. The van der Waals surface area contributed by atoms with Crippen LogP contribution in [0.5, 0.6) is 0 Å². The van der Waals surface area contributed by atoms with Crippen LogP contribution in [0, 0.1) is 35.2 Å². The summed E-state index contributed by atoms with van der Waals surface area (Å²) in [7, 11) is 0. The van der Waals surface area contributed by atoms with Crippen molar-refractivity contribution in [1.82, 2.24) is 0 Å². The van der Waals surface area contributed by atoms with Gasteiger partial charge in [-0.15, -0.1) is 0 Å². The molecule has 0 saturated carbocycles. The fourth-order valence-electron chi connectivity index (χ4n) is 3.33. The molecule has 1 atom stereocenters. The zero-order valence-corrected chi connectivity index (χ0v) is 13.6. The molecule has 1 unspecified atom stereocenters. The van der Waals surface area contributed by atoms with Crippen LogP contribution in [0.1, 0.15) is 48.4 Å². The van der Waals surface area contributed by atoms with Gasteiger partial charge >= 0.3 is 0 Å². The van der Waals surface area contributed by atoms with E-state index in [2.05, 4.69) is 30.9 Å². The van der Waals surface area contributed by atoms with Gasteiger partial charge in [0.1, 0.15) is 0 Å². The van der Waals surface area contributed by atoms with Gasteiger partial charge in [0.25, 0.3) is 0 Å². The van der Waals surface area contributed by atoms with Crippen molar-refractivity contribution >= 4 is 0 Å². The molecule has 1 aliphatic carbocycles. The Kier molecular flexibility index (Phi) is 4.94. The average molecular weight is 328 g/mol. The summed E-state index contributed by atoms with van der Waals surface area (Å²) < 4.78 is 39.4. The lowest BCUT2D eigenvalue weighted by molar-refractivity contribution is 0.423. The van der Waals surface area contributed by atoms with Crippen molar-refractivity contribution < 1.29 is 13.2 Å². The molecule has 0 N–H and O–H groups in total. The molecular formula is C21H19F3. The summed E-state index contributed by atoms with van der Waals surface area (Å²) in [5.74, 6) is 2.50. The fourth-order valence-corrected chi connectivity index (χ4v) is 3.33. The highest BCUT2D eigenvalue weighted by Gasteiger charge is 2.17. The number of hydrogen-bond acceptors (Lipinski definition) is 0. The van der Waals surface area contributed by atoms with Gasteiger partial charge in [-0.05, 0) is 60.6 Å². The molecule has 3 heteroatoms. The minimum absolute atomic E-state index is 0.132. The first-order valence-electron chi connectivity index (χ1n) is 8.35. The van der Waals surface area contributed by atoms with Crippen LogP contribution in [0.15, 0.2) is 30.3 Å². The van der Waals surface area contributed by atoms with E-state index in [1.54, 1.807) is 0 Å². The van der Waals surface area contributed by atoms with Crippen LogP contribution < -0.4 is 0 Å². The Balaban J connectivity index is 1.81. The Bertz CT molecular complexity index is 789. The number of fused-ring (bicyclic) bond motifs is 1. The number of rotatable bonds is 2. The van der Waals surface area contributed by atoms with E-state index in [1.165, 1.54) is 30.4 Å². The highest BCUT2D eigenvalue weighted by atomic mass is 19.2. The first-order valence-corrected chi connectivity index (χ1v) is 8.35. The van der Waals surface area contributed by atoms with E-state index in [0.717, 1.165) is 36.5 Å². The van der Waals surface area contributed by atoms with Gasteiger partial charge in [-0.1, -0.05) is 37.7 Å². The van der Waals surface area contributed by atoms with Gasteiger partial charge in [0.05, 0.1) is 0 Å². The van der Waals surface area contributed by atoms with E-state index in [-0.39, 0.29) is 5.56 Å². The van der Waals surface area contributed by atoms with Gasteiger partial charge in [-0.2, -0.15) is 0 Å². The zero-order valence-electron chi connectivity index (χ0n) is 13.6. The Morgan fingerprint density at radius 2 is 1.67 bits per heavy atom. The molecule has 0 bridgehead atoms. The van der Waals surface area contributed by atoms with Crippen LogP contribution in [0.4, 0.5) is 13.2 Å². The summed E-state index contributed by atoms with van der Waals surface area (Å²) in [6, 6.07) is 7.93. The molecule has 0 heterocycles. The van der Waals surface area contributed by atoms with Crippen LogP contribution in [0.3, 0.4) is 0 Å². The Hall–Kier alpha value is -2.21. The van der Waals surface area contributed by atoms with Gasteiger partial charge in [-0.25, -0.2) is 13.2 Å². The van der Waals surface area contributed by atoms with Crippen molar-refractivity contribution in [2.24, 2.45) is 5.92 Å². The molecule has 2 aromatic rings. The van der Waals surface area contributed by atoms with Crippen LogP contribution in [0.25, 0.3) is 0 Å². The molecule has 2 aromatic carbocycles. The molecule has 3 rings (SSSR count). The Morgan fingerprint density at radius 1 is 0.958 bits per heavy atom. The van der Waals surface area contributed by atoms with Crippen molar-refractivity contribution in [1.29, 1.82) is 0 Å². The standard InChI is InChI=1S/C21H19F3/c1-2-3-14-6-8-18-11-15(7-9-17(18)10-14)4-5-16-12-19(22)21(24)20(23)13-16/h7,9,11-14H,2-3,6,8,10H2,1H3. The molecule has 0 nitrogen and oxygen atoms in total. The lowest BCUT2D eigenvalue weighted by atomic mass is 9.81. The Labute approximate surface area is 140 Å². The maximum atomic E-state index is 13.2. The molecule has 24 heavy (non-hydrogen) atoms. The number of halogens is 3. The highest BCUT2D eigenvalue weighted by Crippen LogP contribution is 2.28. The SMILES string of the molecule is CCCC1CCc2cc(C#Cc3cc(F)c(F)c(F)c3)ccc2C1. The largest absolute Gasteiger partial charge is 0.204 e. The van der Waals surface area contributed by atoms with E-state index >= 15 is 0 Å². The summed E-state index contributed by atoms with van der Waals surface area (Å²) in [5.41, 5.74) is 3.63. The van der Waals surface area contributed by atoms with Crippen LogP contribution in [-0.2, 0) is 12.8 Å². The van der Waals surface area contributed by atoms with Crippen molar-refractivity contribution in [2.45, 2.75) is 39.0 Å². The van der Waals surface area contributed by atoms with E-state index in [0.29, 0.717) is 0 Å². The minimum atomic E-state index is -1.46. The third-order valence-electron chi connectivity index (χ3n) is 4.57. The molecule has 0 spiro atoms. The van der Waals surface area contributed by atoms with Gasteiger partial charge < -0.3 is 0 Å². The van der Waals surface area contributed by atoms with Crippen molar-refractivity contribution in [2.75, 3.05) is 0 Å². The van der Waals surface area contributed by atoms with E-state index in [4.69, 9.17) is 0 Å². The van der Waals surface area contributed by atoms with E-state index < -0.39 is 17.5 Å². The number of benzene rings is 2. The van der Waals surface area contributed by atoms with Crippen LogP contribution >= 0.6 is 0 Å². The molecule has 0 aromatic heterocycles. The van der Waals surface area contributed by atoms with Gasteiger partial charge in [0.2, 0.25) is 0 Å². The fraction of sp³-hybridized carbons (Fsp3) is 0.333. The molecule has 0 fully saturated rings. The summed E-state index contributed by atoms with van der Waals surface area (Å²) in [5, 5.41) is 0. The molecule has 0 saturated heterocycles. The quantitative estimate of drug-likeness (QED) is 0.511. The predicted octanol–water partition coefficient (Wildman–Crippen LogP) is 5.41. The zero-order chi connectivity index (χ0) is 17.1. The topological polar surface area (TPSA) is 0 Å². The van der Waals surface area contributed by atoms with Crippen molar-refractivity contribution in [3.8, 4) is 11.8 Å². The molecular weight excluding hydrogens is 309 g/mol. The molecule has 0 aliphatic heterocycles. The number of aryl methyl sites for hydroxylation is 1. The summed E-state index contributed by atoms with van der Waals surface area (Å²) in [4.78, 5) is 0. The third-order valence-corrected chi connectivity index (χ3v) is 4.57. The maximum absolute atomic E-state index is 13.2. The molecule has 0 amide bonds. The maximum Gasteiger partial charge on any atom is 0.194 e. The summed E-state index contributed by atoms with van der Waals surface area (Å²) >= 11 is 0. The predicted molar refractivity (Wildman–Crippen MR) is 89.2 cm³/mol. The first-order chi connectivity index (χ1) is 11.6. The highest BCUT2D eigenvalue weighted by molar-refractivity contribution is 5.46. The third kappa shape index (κ3) is 3.64. The van der Waals surface area contributed by atoms with Crippen molar-refractivity contribution in [3.63, 3.8) is 0 Å². The van der Waals surface area contributed by atoms with E-state index in [1.807, 2.05) is 6.07 Å². The van der Waals surface area contributed by atoms with Crippen molar-refractivity contribution in [3.05, 3.63) is 70.0 Å².